The summed E-state index contributed by atoms with van der Waals surface area (Å²) in [6, 6.07) is 13.0. The summed E-state index contributed by atoms with van der Waals surface area (Å²) in [6.07, 6.45) is 2.33. The first-order chi connectivity index (χ1) is 16.7. The second-order valence-electron chi connectivity index (χ2n) is 10.3. The standard InChI is InChI=1S/C26H30N6O3/c1-15(2)24-30-29-23-11-10-16(14-32(23)24)34-20-12-19(17-8-6-7-9-18(17)20)27-25(33)28-22-13-21(35-31-22)26(3,4)5/h6-11,13-15,19-20H,12H2,1-5H3,(H2,27,28,31,33)/t19-,20-/m0/s1. The van der Waals surface area contributed by atoms with Crippen molar-refractivity contribution < 1.29 is 14.1 Å². The molecule has 35 heavy (non-hydrogen) atoms. The molecule has 2 atom stereocenters. The number of ether oxygens (including phenoxy) is 1. The highest BCUT2D eigenvalue weighted by molar-refractivity contribution is 5.88. The Morgan fingerprint density at radius 2 is 1.91 bits per heavy atom. The van der Waals surface area contributed by atoms with Crippen molar-refractivity contribution in [3.05, 3.63) is 71.4 Å². The number of amides is 2. The molecule has 3 heterocycles. The van der Waals surface area contributed by atoms with Gasteiger partial charge in [-0.25, -0.2) is 4.79 Å². The van der Waals surface area contributed by atoms with E-state index in [-0.39, 0.29) is 29.5 Å². The Kier molecular flexibility index (Phi) is 5.70. The molecule has 3 aromatic heterocycles. The molecule has 0 radical (unpaired) electrons. The van der Waals surface area contributed by atoms with Crippen molar-refractivity contribution in [3.63, 3.8) is 0 Å². The van der Waals surface area contributed by atoms with E-state index in [0.29, 0.717) is 18.0 Å². The van der Waals surface area contributed by atoms with Crippen LogP contribution in [-0.4, -0.2) is 25.8 Å². The van der Waals surface area contributed by atoms with E-state index in [4.69, 9.17) is 9.26 Å². The third-order valence-electron chi connectivity index (χ3n) is 6.16. The third kappa shape index (κ3) is 4.58. The van der Waals surface area contributed by atoms with E-state index < -0.39 is 0 Å². The molecule has 1 aromatic carbocycles. The Labute approximate surface area is 203 Å². The number of nitrogens with zero attached hydrogens (tertiary/aromatic N) is 4. The first kappa shape index (κ1) is 22.9. The van der Waals surface area contributed by atoms with Crippen LogP contribution in [0.2, 0.25) is 0 Å². The Bertz CT molecular complexity index is 1370. The Morgan fingerprint density at radius 1 is 1.14 bits per heavy atom. The summed E-state index contributed by atoms with van der Waals surface area (Å²) < 4.78 is 13.7. The van der Waals surface area contributed by atoms with Gasteiger partial charge in [0.1, 0.15) is 23.4 Å². The maximum Gasteiger partial charge on any atom is 0.320 e. The smallest absolute Gasteiger partial charge is 0.320 e. The number of fused-ring (bicyclic) bond motifs is 2. The SMILES string of the molecule is CC(C)c1nnc2ccc(O[C@H]3C[C@H](NC(=O)Nc4cc(C(C)(C)C)on4)c4ccccc43)cn12. The van der Waals surface area contributed by atoms with Gasteiger partial charge < -0.3 is 14.6 Å². The lowest BCUT2D eigenvalue weighted by Gasteiger charge is -2.16. The highest BCUT2D eigenvalue weighted by Gasteiger charge is 2.33. The number of pyridine rings is 1. The predicted molar refractivity (Wildman–Crippen MR) is 132 cm³/mol. The number of nitrogens with one attached hydrogen (secondary N) is 2. The number of carbonyl (C=O) groups excluding carboxylic acids is 1. The molecule has 5 rings (SSSR count). The molecule has 4 aromatic rings. The zero-order valence-electron chi connectivity index (χ0n) is 20.6. The molecular weight excluding hydrogens is 444 g/mol. The van der Waals surface area contributed by atoms with Crippen molar-refractivity contribution in [2.75, 3.05) is 5.32 Å². The van der Waals surface area contributed by atoms with Crippen LogP contribution in [0.3, 0.4) is 0 Å². The molecule has 182 valence electrons. The summed E-state index contributed by atoms with van der Waals surface area (Å²) in [5, 5.41) is 18.3. The fourth-order valence-electron chi connectivity index (χ4n) is 4.35. The number of urea groups is 1. The van der Waals surface area contributed by atoms with E-state index in [0.717, 1.165) is 28.3 Å². The summed E-state index contributed by atoms with van der Waals surface area (Å²) >= 11 is 0. The van der Waals surface area contributed by atoms with E-state index in [1.165, 1.54) is 0 Å². The maximum absolute atomic E-state index is 12.8. The molecule has 2 N–H and O–H groups in total. The van der Waals surface area contributed by atoms with E-state index in [2.05, 4.69) is 39.8 Å². The summed E-state index contributed by atoms with van der Waals surface area (Å²) in [5.41, 5.74) is 2.69. The number of benzene rings is 1. The van der Waals surface area contributed by atoms with Crippen LogP contribution < -0.4 is 15.4 Å². The van der Waals surface area contributed by atoms with Gasteiger partial charge in [0.15, 0.2) is 11.5 Å². The lowest BCUT2D eigenvalue weighted by atomic mass is 9.93. The Morgan fingerprint density at radius 3 is 2.63 bits per heavy atom. The van der Waals surface area contributed by atoms with Crippen LogP contribution in [-0.2, 0) is 5.41 Å². The molecule has 1 aliphatic rings. The van der Waals surface area contributed by atoms with E-state index in [1.54, 1.807) is 6.07 Å². The van der Waals surface area contributed by atoms with Gasteiger partial charge in [0, 0.05) is 23.8 Å². The largest absolute Gasteiger partial charge is 0.484 e. The van der Waals surface area contributed by atoms with Gasteiger partial charge in [0.2, 0.25) is 0 Å². The van der Waals surface area contributed by atoms with Crippen molar-refractivity contribution in [1.29, 1.82) is 0 Å². The van der Waals surface area contributed by atoms with Crippen LogP contribution in [0.25, 0.3) is 5.65 Å². The average Bonchev–Trinajstić information content (AvgIpc) is 3.52. The molecule has 0 unspecified atom stereocenters. The number of anilines is 1. The Balaban J connectivity index is 1.31. The zero-order valence-corrected chi connectivity index (χ0v) is 20.6. The number of hydrogen-bond acceptors (Lipinski definition) is 6. The van der Waals surface area contributed by atoms with Crippen molar-refractivity contribution in [1.82, 2.24) is 25.1 Å². The molecule has 9 nitrogen and oxygen atoms in total. The van der Waals surface area contributed by atoms with Gasteiger partial charge in [0.05, 0.1) is 12.2 Å². The number of rotatable bonds is 5. The van der Waals surface area contributed by atoms with Gasteiger partial charge in [-0.2, -0.15) is 0 Å². The highest BCUT2D eigenvalue weighted by Crippen LogP contribution is 2.41. The van der Waals surface area contributed by atoms with Crippen molar-refractivity contribution in [3.8, 4) is 5.75 Å². The van der Waals surface area contributed by atoms with E-state index in [1.807, 2.05) is 67.8 Å². The van der Waals surface area contributed by atoms with E-state index >= 15 is 0 Å². The Hall–Kier alpha value is -3.88. The van der Waals surface area contributed by atoms with E-state index in [9.17, 15) is 4.79 Å². The molecule has 9 heteroatoms. The monoisotopic (exact) mass is 474 g/mol. The lowest BCUT2D eigenvalue weighted by Crippen LogP contribution is -2.31. The zero-order chi connectivity index (χ0) is 24.7. The minimum absolute atomic E-state index is 0.190. The molecule has 2 amide bonds. The predicted octanol–water partition coefficient (Wildman–Crippen LogP) is 5.52. The lowest BCUT2D eigenvalue weighted by molar-refractivity contribution is 0.194. The number of carbonyl (C=O) groups is 1. The second kappa shape index (κ2) is 8.72. The van der Waals surface area contributed by atoms with Crippen LogP contribution in [0.4, 0.5) is 10.6 Å². The highest BCUT2D eigenvalue weighted by atomic mass is 16.5. The fourth-order valence-corrected chi connectivity index (χ4v) is 4.35. The quantitative estimate of drug-likeness (QED) is 0.394. The summed E-state index contributed by atoms with van der Waals surface area (Å²) in [6.45, 7) is 10.2. The molecule has 0 spiro atoms. The van der Waals surface area contributed by atoms with Gasteiger partial charge in [0.25, 0.3) is 0 Å². The first-order valence-corrected chi connectivity index (χ1v) is 11.8. The number of hydrogen-bond donors (Lipinski definition) is 2. The molecule has 0 saturated heterocycles. The molecule has 0 bridgehead atoms. The molecular formula is C26H30N6O3. The minimum Gasteiger partial charge on any atom is -0.484 e. The van der Waals surface area contributed by atoms with Gasteiger partial charge in [-0.3, -0.25) is 9.72 Å². The normalized spacial score (nSPS) is 17.5. The second-order valence-corrected chi connectivity index (χ2v) is 10.3. The maximum atomic E-state index is 12.8. The summed E-state index contributed by atoms with van der Waals surface area (Å²) in [4.78, 5) is 12.8. The van der Waals surface area contributed by atoms with Crippen molar-refractivity contribution >= 4 is 17.5 Å². The van der Waals surface area contributed by atoms with Crippen LogP contribution in [0.5, 0.6) is 5.75 Å². The van der Waals surface area contributed by atoms with Crippen LogP contribution in [0.15, 0.2) is 53.2 Å². The van der Waals surface area contributed by atoms with Gasteiger partial charge >= 0.3 is 6.03 Å². The van der Waals surface area contributed by atoms with Gasteiger partial charge in [-0.05, 0) is 23.3 Å². The summed E-state index contributed by atoms with van der Waals surface area (Å²) in [7, 11) is 0. The van der Waals surface area contributed by atoms with Gasteiger partial charge in [-0.1, -0.05) is 64.0 Å². The van der Waals surface area contributed by atoms with Gasteiger partial charge in [-0.15, -0.1) is 10.2 Å². The molecule has 0 aliphatic heterocycles. The minimum atomic E-state index is -0.341. The molecule has 1 aliphatic carbocycles. The average molecular weight is 475 g/mol. The molecule has 0 saturated carbocycles. The molecule has 0 fully saturated rings. The van der Waals surface area contributed by atoms with Crippen LogP contribution in [0.1, 0.15) is 81.8 Å². The fraction of sp³-hybridized carbons (Fsp3) is 0.385. The van der Waals surface area contributed by atoms with Crippen LogP contribution >= 0.6 is 0 Å². The summed E-state index contributed by atoms with van der Waals surface area (Å²) in [5.74, 6) is 2.94. The van der Waals surface area contributed by atoms with Crippen molar-refractivity contribution in [2.45, 2.75) is 64.5 Å². The first-order valence-electron chi connectivity index (χ1n) is 11.8. The third-order valence-corrected chi connectivity index (χ3v) is 6.16. The van der Waals surface area contributed by atoms with Crippen molar-refractivity contribution in [2.24, 2.45) is 0 Å². The topological polar surface area (TPSA) is 107 Å². The number of aromatic nitrogens is 4. The van der Waals surface area contributed by atoms with Crippen LogP contribution in [0, 0.1) is 0 Å².